The van der Waals surface area contributed by atoms with Crippen LogP contribution < -0.4 is 5.32 Å². The number of nitrogens with one attached hydrogen (secondary N) is 1. The zero-order chi connectivity index (χ0) is 11.5. The van der Waals surface area contributed by atoms with Gasteiger partial charge >= 0.3 is 0 Å². The number of terminal acetylenes is 1. The third-order valence-electron chi connectivity index (χ3n) is 2.10. The third kappa shape index (κ3) is 2.82. The lowest BCUT2D eigenvalue weighted by Gasteiger charge is -2.09. The highest BCUT2D eigenvalue weighted by molar-refractivity contribution is 7.90. The zero-order valence-electron chi connectivity index (χ0n) is 8.69. The molecule has 0 saturated carbocycles. The van der Waals surface area contributed by atoms with Gasteiger partial charge in [0.15, 0.2) is 9.84 Å². The van der Waals surface area contributed by atoms with Crippen LogP contribution in [0.2, 0.25) is 0 Å². The summed E-state index contributed by atoms with van der Waals surface area (Å²) in [5.74, 6) is 2.57. The van der Waals surface area contributed by atoms with Crippen LogP contribution in [0.1, 0.15) is 11.6 Å². The van der Waals surface area contributed by atoms with Crippen LogP contribution in [0.3, 0.4) is 0 Å². The van der Waals surface area contributed by atoms with E-state index in [0.29, 0.717) is 4.90 Å². The Morgan fingerprint density at radius 1 is 1.33 bits per heavy atom. The van der Waals surface area contributed by atoms with E-state index in [2.05, 4.69) is 11.2 Å². The van der Waals surface area contributed by atoms with Gasteiger partial charge in [-0.3, -0.25) is 0 Å². The Bertz CT molecular complexity index is 468. The molecule has 1 rings (SSSR count). The molecular weight excluding hydrogens is 210 g/mol. The molecule has 0 amide bonds. The molecule has 0 heterocycles. The van der Waals surface area contributed by atoms with E-state index in [1.165, 1.54) is 6.26 Å². The number of benzene rings is 1. The van der Waals surface area contributed by atoms with Crippen molar-refractivity contribution >= 4 is 9.84 Å². The Balaban J connectivity index is 3.06. The molecule has 3 nitrogen and oxygen atoms in total. The Morgan fingerprint density at radius 3 is 2.20 bits per heavy atom. The molecule has 0 aromatic heterocycles. The Morgan fingerprint density at radius 2 is 1.87 bits per heavy atom. The maximum Gasteiger partial charge on any atom is 0.175 e. The molecule has 0 saturated heterocycles. The van der Waals surface area contributed by atoms with Crippen molar-refractivity contribution in [1.82, 2.24) is 5.32 Å². The summed E-state index contributed by atoms with van der Waals surface area (Å²) in [7, 11) is -1.37. The molecule has 0 fully saturated rings. The number of hydrogen-bond acceptors (Lipinski definition) is 3. The van der Waals surface area contributed by atoms with Gasteiger partial charge in [-0.05, 0) is 24.7 Å². The SMILES string of the molecule is C#CC(NC)c1ccc(S(C)(=O)=O)cc1. The highest BCUT2D eigenvalue weighted by atomic mass is 32.2. The lowest BCUT2D eigenvalue weighted by Crippen LogP contribution is -2.14. The second kappa shape index (κ2) is 4.47. The minimum Gasteiger partial charge on any atom is -0.303 e. The lowest BCUT2D eigenvalue weighted by atomic mass is 10.1. The smallest absolute Gasteiger partial charge is 0.175 e. The van der Waals surface area contributed by atoms with Crippen LogP contribution in [0, 0.1) is 12.3 Å². The fourth-order valence-corrected chi connectivity index (χ4v) is 1.88. The summed E-state index contributed by atoms with van der Waals surface area (Å²) in [6.07, 6.45) is 6.49. The molecule has 0 radical (unpaired) electrons. The molecular formula is C11H13NO2S. The third-order valence-corrected chi connectivity index (χ3v) is 3.23. The molecule has 0 bridgehead atoms. The summed E-state index contributed by atoms with van der Waals surface area (Å²) in [5.41, 5.74) is 0.882. The maximum atomic E-state index is 11.2. The van der Waals surface area contributed by atoms with Crippen molar-refractivity contribution in [2.24, 2.45) is 0 Å². The summed E-state index contributed by atoms with van der Waals surface area (Å²) in [6, 6.07) is 6.38. The van der Waals surface area contributed by atoms with Crippen LogP contribution in [-0.2, 0) is 9.84 Å². The van der Waals surface area contributed by atoms with Crippen LogP contribution in [-0.4, -0.2) is 21.7 Å². The van der Waals surface area contributed by atoms with Gasteiger partial charge in [-0.2, -0.15) is 0 Å². The average Bonchev–Trinajstić information content (AvgIpc) is 2.19. The van der Waals surface area contributed by atoms with Crippen molar-refractivity contribution in [2.75, 3.05) is 13.3 Å². The van der Waals surface area contributed by atoms with Gasteiger partial charge in [0.05, 0.1) is 10.9 Å². The molecule has 4 heteroatoms. The standard InChI is InChI=1S/C11H13NO2S/c1-4-11(12-2)9-5-7-10(8-6-9)15(3,13)14/h1,5-8,11-12H,2-3H3. The van der Waals surface area contributed by atoms with Gasteiger partial charge < -0.3 is 5.32 Å². The van der Waals surface area contributed by atoms with Crippen LogP contribution >= 0.6 is 0 Å². The van der Waals surface area contributed by atoms with Crippen LogP contribution in [0.4, 0.5) is 0 Å². The van der Waals surface area contributed by atoms with Gasteiger partial charge in [0.1, 0.15) is 0 Å². The van der Waals surface area contributed by atoms with Crippen molar-refractivity contribution in [3.05, 3.63) is 29.8 Å². The molecule has 1 atom stereocenters. The summed E-state index contributed by atoms with van der Waals surface area (Å²) < 4.78 is 22.4. The number of sulfone groups is 1. The molecule has 1 aromatic carbocycles. The van der Waals surface area contributed by atoms with Gasteiger partial charge in [0.25, 0.3) is 0 Å². The molecule has 0 aliphatic carbocycles. The molecule has 80 valence electrons. The van der Waals surface area contributed by atoms with E-state index in [-0.39, 0.29) is 6.04 Å². The zero-order valence-corrected chi connectivity index (χ0v) is 9.51. The van der Waals surface area contributed by atoms with Gasteiger partial charge in [0, 0.05) is 6.26 Å². The van der Waals surface area contributed by atoms with Gasteiger partial charge in [-0.1, -0.05) is 18.1 Å². The molecule has 0 spiro atoms. The maximum absolute atomic E-state index is 11.2. The average molecular weight is 223 g/mol. The minimum absolute atomic E-state index is 0.182. The second-order valence-electron chi connectivity index (χ2n) is 3.23. The lowest BCUT2D eigenvalue weighted by molar-refractivity contribution is 0.602. The molecule has 1 unspecified atom stereocenters. The molecule has 1 N–H and O–H groups in total. The molecule has 0 aliphatic heterocycles. The van der Waals surface area contributed by atoms with E-state index in [9.17, 15) is 8.42 Å². The summed E-state index contributed by atoms with van der Waals surface area (Å²) in [5, 5.41) is 2.94. The first kappa shape index (κ1) is 11.8. The normalized spacial score (nSPS) is 13.1. The van der Waals surface area contributed by atoms with Crippen molar-refractivity contribution in [3.8, 4) is 12.3 Å². The van der Waals surface area contributed by atoms with Crippen molar-refractivity contribution < 1.29 is 8.42 Å². The van der Waals surface area contributed by atoms with E-state index in [0.717, 1.165) is 5.56 Å². The Hall–Kier alpha value is -1.31. The molecule has 0 aliphatic rings. The van der Waals surface area contributed by atoms with Crippen molar-refractivity contribution in [2.45, 2.75) is 10.9 Å². The van der Waals surface area contributed by atoms with Crippen LogP contribution in [0.5, 0.6) is 0 Å². The first-order valence-electron chi connectivity index (χ1n) is 4.42. The van der Waals surface area contributed by atoms with Crippen molar-refractivity contribution in [3.63, 3.8) is 0 Å². The van der Waals surface area contributed by atoms with Gasteiger partial charge in [-0.15, -0.1) is 6.42 Å². The topological polar surface area (TPSA) is 46.2 Å². The molecule has 1 aromatic rings. The predicted molar refractivity (Wildman–Crippen MR) is 60.2 cm³/mol. The van der Waals surface area contributed by atoms with Gasteiger partial charge in [-0.25, -0.2) is 8.42 Å². The highest BCUT2D eigenvalue weighted by Gasteiger charge is 2.09. The quantitative estimate of drug-likeness (QED) is 0.777. The first-order valence-corrected chi connectivity index (χ1v) is 6.31. The summed E-state index contributed by atoms with van der Waals surface area (Å²) in [6.45, 7) is 0. The Kier molecular flexibility index (Phi) is 3.51. The summed E-state index contributed by atoms with van der Waals surface area (Å²) in [4.78, 5) is 0.304. The fourth-order valence-electron chi connectivity index (χ4n) is 1.25. The van der Waals surface area contributed by atoms with E-state index >= 15 is 0 Å². The van der Waals surface area contributed by atoms with E-state index in [1.54, 1.807) is 31.3 Å². The predicted octanol–water partition coefficient (Wildman–Crippen LogP) is 0.984. The highest BCUT2D eigenvalue weighted by Crippen LogP contribution is 2.15. The monoisotopic (exact) mass is 223 g/mol. The first-order chi connectivity index (χ1) is 6.99. The summed E-state index contributed by atoms with van der Waals surface area (Å²) >= 11 is 0. The van der Waals surface area contributed by atoms with Crippen LogP contribution in [0.15, 0.2) is 29.2 Å². The van der Waals surface area contributed by atoms with E-state index < -0.39 is 9.84 Å². The fraction of sp³-hybridized carbons (Fsp3) is 0.273. The van der Waals surface area contributed by atoms with Gasteiger partial charge in [0.2, 0.25) is 0 Å². The minimum atomic E-state index is -3.13. The van der Waals surface area contributed by atoms with Crippen molar-refractivity contribution in [1.29, 1.82) is 0 Å². The number of rotatable bonds is 3. The second-order valence-corrected chi connectivity index (χ2v) is 5.25. The van der Waals surface area contributed by atoms with E-state index in [4.69, 9.17) is 6.42 Å². The Labute approximate surface area is 90.4 Å². The molecule has 15 heavy (non-hydrogen) atoms. The largest absolute Gasteiger partial charge is 0.303 e. The number of hydrogen-bond donors (Lipinski definition) is 1. The van der Waals surface area contributed by atoms with Crippen LogP contribution in [0.25, 0.3) is 0 Å². The van der Waals surface area contributed by atoms with E-state index in [1.807, 2.05) is 0 Å².